The molecule has 0 bridgehead atoms. The second-order valence-electron chi connectivity index (χ2n) is 5.04. The van der Waals surface area contributed by atoms with Crippen LogP contribution in [0.3, 0.4) is 0 Å². The Labute approximate surface area is 103 Å². The van der Waals surface area contributed by atoms with E-state index in [0.717, 1.165) is 16.7 Å². The summed E-state index contributed by atoms with van der Waals surface area (Å²) in [5, 5.41) is 0. The summed E-state index contributed by atoms with van der Waals surface area (Å²) in [6.07, 6.45) is 0. The van der Waals surface area contributed by atoms with Crippen molar-refractivity contribution in [3.05, 3.63) is 34.9 Å². The number of rotatable bonds is 4. The van der Waals surface area contributed by atoms with Gasteiger partial charge in [-0.2, -0.15) is 0 Å². The molecule has 0 radical (unpaired) electrons. The topological polar surface area (TPSA) is 69.1 Å². The second-order valence-corrected chi connectivity index (χ2v) is 5.04. The fourth-order valence-electron chi connectivity index (χ4n) is 2.11. The van der Waals surface area contributed by atoms with E-state index in [1.807, 2.05) is 18.2 Å². The average molecular weight is 234 g/mol. The lowest BCUT2D eigenvalue weighted by Crippen LogP contribution is -2.30. The summed E-state index contributed by atoms with van der Waals surface area (Å²) >= 11 is 0. The van der Waals surface area contributed by atoms with Gasteiger partial charge in [0, 0.05) is 0 Å². The van der Waals surface area contributed by atoms with Crippen molar-refractivity contribution in [2.24, 2.45) is 11.5 Å². The standard InChI is InChI=1S/C14H22N2O/c1-8(2)10-6-5-7-11(9(3)4)12(10)13(15)14(16)17/h5-9,13H,15H2,1-4H3,(H2,16,17). The molecule has 0 saturated heterocycles. The van der Waals surface area contributed by atoms with Gasteiger partial charge in [0.2, 0.25) is 5.91 Å². The number of amides is 1. The van der Waals surface area contributed by atoms with E-state index in [1.54, 1.807) is 0 Å². The molecule has 0 aromatic heterocycles. The van der Waals surface area contributed by atoms with Crippen LogP contribution in [0.1, 0.15) is 62.3 Å². The van der Waals surface area contributed by atoms with E-state index < -0.39 is 11.9 Å². The van der Waals surface area contributed by atoms with E-state index >= 15 is 0 Å². The van der Waals surface area contributed by atoms with Crippen LogP contribution in [0.4, 0.5) is 0 Å². The molecule has 1 atom stereocenters. The summed E-state index contributed by atoms with van der Waals surface area (Å²) in [7, 11) is 0. The Balaban J connectivity index is 3.43. The van der Waals surface area contributed by atoms with Crippen LogP contribution in [0.2, 0.25) is 0 Å². The number of benzene rings is 1. The van der Waals surface area contributed by atoms with Crippen LogP contribution < -0.4 is 11.5 Å². The monoisotopic (exact) mass is 234 g/mol. The molecule has 4 N–H and O–H groups in total. The molecule has 0 heterocycles. The van der Waals surface area contributed by atoms with Crippen LogP contribution in [0.5, 0.6) is 0 Å². The van der Waals surface area contributed by atoms with Crippen molar-refractivity contribution in [1.82, 2.24) is 0 Å². The molecule has 17 heavy (non-hydrogen) atoms. The fourth-order valence-corrected chi connectivity index (χ4v) is 2.11. The first-order chi connectivity index (χ1) is 7.86. The highest BCUT2D eigenvalue weighted by molar-refractivity contribution is 5.82. The molecule has 94 valence electrons. The van der Waals surface area contributed by atoms with Gasteiger partial charge in [0.1, 0.15) is 6.04 Å². The minimum atomic E-state index is -0.717. The summed E-state index contributed by atoms with van der Waals surface area (Å²) in [5.74, 6) is 0.184. The molecule has 3 heteroatoms. The first-order valence-electron chi connectivity index (χ1n) is 6.03. The number of primary amides is 1. The Morgan fingerprint density at radius 2 is 1.47 bits per heavy atom. The predicted octanol–water partition coefficient (Wildman–Crippen LogP) is 2.42. The van der Waals surface area contributed by atoms with Gasteiger partial charge in [0.15, 0.2) is 0 Å². The third-order valence-corrected chi connectivity index (χ3v) is 3.04. The van der Waals surface area contributed by atoms with E-state index in [9.17, 15) is 4.79 Å². The van der Waals surface area contributed by atoms with Crippen molar-refractivity contribution in [3.63, 3.8) is 0 Å². The largest absolute Gasteiger partial charge is 0.368 e. The van der Waals surface area contributed by atoms with Crippen LogP contribution in [0, 0.1) is 0 Å². The van der Waals surface area contributed by atoms with Crippen molar-refractivity contribution in [1.29, 1.82) is 0 Å². The quantitative estimate of drug-likeness (QED) is 0.840. The minimum absolute atomic E-state index is 0.328. The van der Waals surface area contributed by atoms with Crippen molar-refractivity contribution >= 4 is 5.91 Å². The zero-order valence-corrected chi connectivity index (χ0v) is 11.0. The van der Waals surface area contributed by atoms with Crippen molar-refractivity contribution in [2.45, 2.75) is 45.6 Å². The summed E-state index contributed by atoms with van der Waals surface area (Å²) in [6, 6.07) is 5.34. The molecule has 1 amide bonds. The maximum Gasteiger partial charge on any atom is 0.238 e. The molecule has 0 aliphatic carbocycles. The number of hydrogen-bond donors (Lipinski definition) is 2. The Hall–Kier alpha value is -1.35. The van der Waals surface area contributed by atoms with Gasteiger partial charge in [-0.1, -0.05) is 45.9 Å². The highest BCUT2D eigenvalue weighted by atomic mass is 16.1. The molecule has 0 saturated carbocycles. The van der Waals surface area contributed by atoms with Gasteiger partial charge in [0.05, 0.1) is 0 Å². The van der Waals surface area contributed by atoms with Crippen LogP contribution in [0.15, 0.2) is 18.2 Å². The Kier molecular flexibility index (Phi) is 4.29. The molecule has 0 fully saturated rings. The Morgan fingerprint density at radius 3 is 1.76 bits per heavy atom. The Morgan fingerprint density at radius 1 is 1.06 bits per heavy atom. The van der Waals surface area contributed by atoms with E-state index in [4.69, 9.17) is 11.5 Å². The number of hydrogen-bond acceptors (Lipinski definition) is 2. The second kappa shape index (κ2) is 5.32. The third kappa shape index (κ3) is 2.86. The van der Waals surface area contributed by atoms with E-state index in [1.165, 1.54) is 0 Å². The van der Waals surface area contributed by atoms with Gasteiger partial charge < -0.3 is 11.5 Å². The summed E-state index contributed by atoms with van der Waals surface area (Å²) in [4.78, 5) is 11.3. The lowest BCUT2D eigenvalue weighted by Gasteiger charge is -2.22. The number of nitrogens with two attached hydrogens (primary N) is 2. The molecule has 3 nitrogen and oxygen atoms in total. The van der Waals surface area contributed by atoms with Crippen molar-refractivity contribution in [2.75, 3.05) is 0 Å². The summed E-state index contributed by atoms with van der Waals surface area (Å²) in [5.41, 5.74) is 14.4. The normalized spacial score (nSPS) is 13.1. The van der Waals surface area contributed by atoms with Crippen LogP contribution >= 0.6 is 0 Å². The van der Waals surface area contributed by atoms with Gasteiger partial charge in [-0.25, -0.2) is 0 Å². The predicted molar refractivity (Wildman–Crippen MR) is 70.7 cm³/mol. The lowest BCUT2D eigenvalue weighted by molar-refractivity contribution is -0.119. The lowest BCUT2D eigenvalue weighted by atomic mass is 9.85. The minimum Gasteiger partial charge on any atom is -0.368 e. The molecular weight excluding hydrogens is 212 g/mol. The molecule has 1 rings (SSSR count). The molecular formula is C14H22N2O. The van der Waals surface area contributed by atoms with Gasteiger partial charge in [-0.15, -0.1) is 0 Å². The number of carbonyl (C=O) groups is 1. The first-order valence-corrected chi connectivity index (χ1v) is 6.03. The van der Waals surface area contributed by atoms with Gasteiger partial charge in [0.25, 0.3) is 0 Å². The maximum absolute atomic E-state index is 11.3. The highest BCUT2D eigenvalue weighted by Gasteiger charge is 2.22. The van der Waals surface area contributed by atoms with E-state index in [-0.39, 0.29) is 0 Å². The molecule has 1 aromatic carbocycles. The molecule has 1 unspecified atom stereocenters. The molecule has 1 aromatic rings. The maximum atomic E-state index is 11.3. The zero-order chi connectivity index (χ0) is 13.2. The first kappa shape index (κ1) is 13.7. The van der Waals surface area contributed by atoms with Crippen LogP contribution in [-0.2, 0) is 4.79 Å². The zero-order valence-electron chi connectivity index (χ0n) is 11.0. The average Bonchev–Trinajstić information content (AvgIpc) is 2.26. The number of carbonyl (C=O) groups excluding carboxylic acids is 1. The SMILES string of the molecule is CC(C)c1cccc(C(C)C)c1C(N)C(N)=O. The summed E-state index contributed by atoms with van der Waals surface area (Å²) < 4.78 is 0. The third-order valence-electron chi connectivity index (χ3n) is 3.04. The smallest absolute Gasteiger partial charge is 0.238 e. The van der Waals surface area contributed by atoms with Gasteiger partial charge in [-0.05, 0) is 28.5 Å². The van der Waals surface area contributed by atoms with Crippen LogP contribution in [-0.4, -0.2) is 5.91 Å². The van der Waals surface area contributed by atoms with Crippen molar-refractivity contribution in [3.8, 4) is 0 Å². The summed E-state index contributed by atoms with van der Waals surface area (Å²) in [6.45, 7) is 8.38. The Bertz CT molecular complexity index is 384. The van der Waals surface area contributed by atoms with E-state index in [2.05, 4.69) is 27.7 Å². The molecule has 0 spiro atoms. The van der Waals surface area contributed by atoms with Gasteiger partial charge in [-0.3, -0.25) is 4.79 Å². The van der Waals surface area contributed by atoms with Crippen LogP contribution in [0.25, 0.3) is 0 Å². The fraction of sp³-hybridized carbons (Fsp3) is 0.500. The highest BCUT2D eigenvalue weighted by Crippen LogP contribution is 2.31. The van der Waals surface area contributed by atoms with E-state index in [0.29, 0.717) is 11.8 Å². The van der Waals surface area contributed by atoms with Gasteiger partial charge >= 0.3 is 0 Å². The van der Waals surface area contributed by atoms with Crippen molar-refractivity contribution < 1.29 is 4.79 Å². The molecule has 0 aliphatic heterocycles. The molecule has 0 aliphatic rings.